The summed E-state index contributed by atoms with van der Waals surface area (Å²) in [6, 6.07) is 17.3. The van der Waals surface area contributed by atoms with Gasteiger partial charge in [-0.25, -0.2) is 0 Å². The first-order valence-electron chi connectivity index (χ1n) is 7.85. The Morgan fingerprint density at radius 3 is 2.52 bits per heavy atom. The quantitative estimate of drug-likeness (QED) is 0.403. The summed E-state index contributed by atoms with van der Waals surface area (Å²) in [6.07, 6.45) is 0. The maximum absolute atomic E-state index is 13.2. The Kier molecular flexibility index (Phi) is 3.66. The van der Waals surface area contributed by atoms with E-state index < -0.39 is 5.97 Å². The molecule has 0 unspecified atom stereocenters. The zero-order valence-corrected chi connectivity index (χ0v) is 14.6. The highest BCUT2D eigenvalue weighted by molar-refractivity contribution is 7.21. The fraction of sp³-hybridized carbons (Fsp3) is 0.100. The standard InChI is InChI=1S/C20H15NO3S/c1-12(22)24-20-14-8-4-5-9-15(14)21(2)18(20)19(23)17-11-13-7-3-6-10-16(13)25-17/h3-11H,1-2H3. The van der Waals surface area contributed by atoms with Crippen LogP contribution >= 0.6 is 11.3 Å². The fourth-order valence-corrected chi connectivity index (χ4v) is 4.08. The Hall–Kier alpha value is -2.92. The van der Waals surface area contributed by atoms with Crippen LogP contribution in [0.5, 0.6) is 5.75 Å². The molecule has 0 N–H and O–H groups in total. The maximum atomic E-state index is 13.2. The maximum Gasteiger partial charge on any atom is 0.308 e. The summed E-state index contributed by atoms with van der Waals surface area (Å²) in [5, 5.41) is 1.79. The van der Waals surface area contributed by atoms with Crippen LogP contribution in [0, 0.1) is 0 Å². The van der Waals surface area contributed by atoms with Crippen molar-refractivity contribution in [2.45, 2.75) is 6.92 Å². The number of rotatable bonds is 3. The van der Waals surface area contributed by atoms with Crippen molar-refractivity contribution in [3.8, 4) is 5.75 Å². The number of hydrogen-bond donors (Lipinski definition) is 0. The molecule has 0 aliphatic rings. The minimum Gasteiger partial charge on any atom is -0.424 e. The molecule has 4 rings (SSSR count). The number of carbonyl (C=O) groups excluding carboxylic acids is 2. The van der Waals surface area contributed by atoms with Crippen molar-refractivity contribution in [3.05, 3.63) is 65.2 Å². The summed E-state index contributed by atoms with van der Waals surface area (Å²) < 4.78 is 8.27. The predicted molar refractivity (Wildman–Crippen MR) is 99.5 cm³/mol. The number of hydrogen-bond acceptors (Lipinski definition) is 4. The van der Waals surface area contributed by atoms with E-state index in [1.807, 2.05) is 61.6 Å². The van der Waals surface area contributed by atoms with E-state index in [0.29, 0.717) is 16.3 Å². The third-order valence-corrected chi connectivity index (χ3v) is 5.29. The lowest BCUT2D eigenvalue weighted by Gasteiger charge is -2.05. The normalized spacial score (nSPS) is 11.1. The number of nitrogens with zero attached hydrogens (tertiary/aromatic N) is 1. The molecule has 25 heavy (non-hydrogen) atoms. The zero-order chi connectivity index (χ0) is 17.6. The van der Waals surface area contributed by atoms with Crippen molar-refractivity contribution in [1.29, 1.82) is 0 Å². The van der Waals surface area contributed by atoms with E-state index in [0.717, 1.165) is 21.0 Å². The highest BCUT2D eigenvalue weighted by Gasteiger charge is 2.25. The molecule has 0 bridgehead atoms. The summed E-state index contributed by atoms with van der Waals surface area (Å²) in [5.74, 6) is -0.258. The molecule has 0 amide bonds. The third-order valence-electron chi connectivity index (χ3n) is 4.17. The van der Waals surface area contributed by atoms with Gasteiger partial charge in [-0.2, -0.15) is 0 Å². The minimum absolute atomic E-state index is 0.142. The van der Waals surface area contributed by atoms with Crippen LogP contribution in [0.15, 0.2) is 54.6 Å². The highest BCUT2D eigenvalue weighted by atomic mass is 32.1. The number of para-hydroxylation sites is 1. The van der Waals surface area contributed by atoms with Crippen molar-refractivity contribution in [3.63, 3.8) is 0 Å². The van der Waals surface area contributed by atoms with Gasteiger partial charge in [0.05, 0.1) is 10.4 Å². The van der Waals surface area contributed by atoms with Gasteiger partial charge in [0.25, 0.3) is 0 Å². The van der Waals surface area contributed by atoms with Crippen LogP contribution in [-0.2, 0) is 11.8 Å². The molecule has 124 valence electrons. The number of ketones is 1. The molecule has 5 heteroatoms. The SMILES string of the molecule is CC(=O)Oc1c(C(=O)c2cc3ccccc3s2)n(C)c2ccccc12. The van der Waals surface area contributed by atoms with Gasteiger partial charge in [-0.3, -0.25) is 9.59 Å². The lowest BCUT2D eigenvalue weighted by Crippen LogP contribution is -2.10. The number of benzene rings is 2. The van der Waals surface area contributed by atoms with Crippen molar-refractivity contribution in [1.82, 2.24) is 4.57 Å². The number of esters is 1. The van der Waals surface area contributed by atoms with Gasteiger partial charge in [0.15, 0.2) is 5.75 Å². The largest absolute Gasteiger partial charge is 0.424 e. The molecule has 0 spiro atoms. The van der Waals surface area contributed by atoms with Crippen LogP contribution in [0.4, 0.5) is 0 Å². The average Bonchev–Trinajstić information content (AvgIpc) is 3.15. The van der Waals surface area contributed by atoms with Gasteiger partial charge < -0.3 is 9.30 Å². The minimum atomic E-state index is -0.443. The predicted octanol–water partition coefficient (Wildman–Crippen LogP) is 4.55. The van der Waals surface area contributed by atoms with Gasteiger partial charge >= 0.3 is 5.97 Å². The first kappa shape index (κ1) is 15.6. The average molecular weight is 349 g/mol. The fourth-order valence-electron chi connectivity index (χ4n) is 3.07. The van der Waals surface area contributed by atoms with E-state index in [1.165, 1.54) is 18.3 Å². The molecule has 0 saturated heterocycles. The van der Waals surface area contributed by atoms with E-state index in [9.17, 15) is 9.59 Å². The van der Waals surface area contributed by atoms with E-state index in [1.54, 1.807) is 4.57 Å². The number of aromatic nitrogens is 1. The summed E-state index contributed by atoms with van der Waals surface area (Å²) in [4.78, 5) is 25.4. The van der Waals surface area contributed by atoms with Crippen molar-refractivity contribution < 1.29 is 14.3 Å². The van der Waals surface area contributed by atoms with Gasteiger partial charge in [-0.15, -0.1) is 11.3 Å². The Morgan fingerprint density at radius 2 is 1.76 bits per heavy atom. The number of ether oxygens (including phenoxy) is 1. The molecule has 0 atom stereocenters. The van der Waals surface area contributed by atoms with Crippen LogP contribution in [0.1, 0.15) is 22.3 Å². The molecule has 4 aromatic rings. The monoisotopic (exact) mass is 349 g/mol. The van der Waals surface area contributed by atoms with Crippen molar-refractivity contribution in [2.24, 2.45) is 7.05 Å². The second-order valence-corrected chi connectivity index (χ2v) is 6.91. The van der Waals surface area contributed by atoms with Gasteiger partial charge in [0, 0.05) is 24.1 Å². The van der Waals surface area contributed by atoms with E-state index in [4.69, 9.17) is 4.74 Å². The second-order valence-electron chi connectivity index (χ2n) is 5.83. The van der Waals surface area contributed by atoms with Crippen LogP contribution in [0.3, 0.4) is 0 Å². The first-order valence-corrected chi connectivity index (χ1v) is 8.67. The van der Waals surface area contributed by atoms with Gasteiger partial charge in [-0.05, 0) is 29.7 Å². The second kappa shape index (κ2) is 5.86. The molecule has 4 nitrogen and oxygen atoms in total. The molecule has 2 heterocycles. The summed E-state index contributed by atoms with van der Waals surface area (Å²) in [7, 11) is 1.82. The first-order chi connectivity index (χ1) is 12.1. The Bertz CT molecular complexity index is 1100. The number of aryl methyl sites for hydroxylation is 1. The Labute approximate surface area is 148 Å². The smallest absolute Gasteiger partial charge is 0.308 e. The molecule has 2 aromatic heterocycles. The Morgan fingerprint density at radius 1 is 1.04 bits per heavy atom. The Balaban J connectivity index is 1.94. The van der Waals surface area contributed by atoms with Crippen LogP contribution in [0.2, 0.25) is 0 Å². The number of carbonyl (C=O) groups is 2. The molecule has 0 aliphatic heterocycles. The molecule has 0 fully saturated rings. The van der Waals surface area contributed by atoms with Crippen LogP contribution in [0.25, 0.3) is 21.0 Å². The van der Waals surface area contributed by atoms with Crippen molar-refractivity contribution in [2.75, 3.05) is 0 Å². The zero-order valence-electron chi connectivity index (χ0n) is 13.8. The van der Waals surface area contributed by atoms with Crippen molar-refractivity contribution >= 4 is 44.1 Å². The lowest BCUT2D eigenvalue weighted by molar-refractivity contribution is -0.131. The van der Waals surface area contributed by atoms with Gasteiger partial charge in [-0.1, -0.05) is 30.3 Å². The molecular weight excluding hydrogens is 334 g/mol. The van der Waals surface area contributed by atoms with Crippen LogP contribution < -0.4 is 4.74 Å². The summed E-state index contributed by atoms with van der Waals surface area (Å²) in [6.45, 7) is 1.34. The topological polar surface area (TPSA) is 48.3 Å². The molecule has 0 aliphatic carbocycles. The number of fused-ring (bicyclic) bond motifs is 2. The summed E-state index contributed by atoms with van der Waals surface area (Å²) in [5.41, 5.74) is 1.24. The van der Waals surface area contributed by atoms with Crippen LogP contribution in [-0.4, -0.2) is 16.3 Å². The van der Waals surface area contributed by atoms with E-state index >= 15 is 0 Å². The molecule has 2 aromatic carbocycles. The highest BCUT2D eigenvalue weighted by Crippen LogP contribution is 2.36. The van der Waals surface area contributed by atoms with Gasteiger partial charge in [0.1, 0.15) is 5.69 Å². The van der Waals surface area contributed by atoms with E-state index in [-0.39, 0.29) is 5.78 Å². The summed E-state index contributed by atoms with van der Waals surface area (Å²) >= 11 is 1.44. The molecular formula is C20H15NO3S. The number of thiophene rings is 1. The third kappa shape index (κ3) is 2.53. The van der Waals surface area contributed by atoms with E-state index in [2.05, 4.69) is 0 Å². The lowest BCUT2D eigenvalue weighted by atomic mass is 10.1. The van der Waals surface area contributed by atoms with Gasteiger partial charge in [0.2, 0.25) is 5.78 Å². The molecule has 0 saturated carbocycles. The molecule has 0 radical (unpaired) electrons.